The second-order valence-corrected chi connectivity index (χ2v) is 7.75. The Kier molecular flexibility index (Phi) is 6.32. The minimum atomic E-state index is -5.50. The van der Waals surface area contributed by atoms with Crippen LogP contribution in [0.4, 0.5) is 36.8 Å². The molecule has 1 fully saturated rings. The van der Waals surface area contributed by atoms with Gasteiger partial charge < -0.3 is 9.64 Å². The highest BCUT2D eigenvalue weighted by Crippen LogP contribution is 2.36. The van der Waals surface area contributed by atoms with Crippen LogP contribution in [0, 0.1) is 17.5 Å². The van der Waals surface area contributed by atoms with Gasteiger partial charge in [-0.15, -0.1) is 13.2 Å². The van der Waals surface area contributed by atoms with Gasteiger partial charge in [-0.2, -0.15) is 4.39 Å². The van der Waals surface area contributed by atoms with Gasteiger partial charge in [0.15, 0.2) is 11.6 Å². The standard InChI is InChI=1S/C22H12ClF6N3O3/c23-13-3-1-2-12(7-13)15-6-11(4-5-30-15)9-31-10-17(33)32(21(31)34)16-8-14(24)20(19(26)18(16)25)35-22(27,28)29/h1-8H,9-10H2. The lowest BCUT2D eigenvalue weighted by atomic mass is 10.1. The van der Waals surface area contributed by atoms with Crippen molar-refractivity contribution < 1.29 is 40.7 Å². The molecule has 1 aromatic heterocycles. The van der Waals surface area contributed by atoms with Crippen LogP contribution in [-0.4, -0.2) is 34.7 Å². The van der Waals surface area contributed by atoms with Crippen LogP contribution in [0.25, 0.3) is 11.3 Å². The molecule has 0 saturated carbocycles. The first kappa shape index (κ1) is 24.3. The monoisotopic (exact) mass is 515 g/mol. The Hall–Kier alpha value is -3.80. The molecular formula is C22H12ClF6N3O3. The second kappa shape index (κ2) is 9.10. The zero-order valence-corrected chi connectivity index (χ0v) is 18.0. The zero-order chi connectivity index (χ0) is 25.5. The molecule has 1 saturated heterocycles. The maximum absolute atomic E-state index is 14.5. The van der Waals surface area contributed by atoms with Gasteiger partial charge in [0.05, 0.1) is 11.4 Å². The molecule has 0 N–H and O–H groups in total. The molecule has 0 atom stereocenters. The van der Waals surface area contributed by atoms with Gasteiger partial charge in [0.1, 0.15) is 6.54 Å². The predicted molar refractivity (Wildman–Crippen MR) is 111 cm³/mol. The largest absolute Gasteiger partial charge is 0.573 e. The van der Waals surface area contributed by atoms with Crippen LogP contribution in [0.2, 0.25) is 5.02 Å². The summed E-state index contributed by atoms with van der Waals surface area (Å²) in [4.78, 5) is 30.5. The van der Waals surface area contributed by atoms with Crippen LogP contribution in [0.5, 0.6) is 5.75 Å². The third-order valence-corrected chi connectivity index (χ3v) is 5.15. The van der Waals surface area contributed by atoms with Crippen molar-refractivity contribution in [1.82, 2.24) is 9.88 Å². The highest BCUT2D eigenvalue weighted by molar-refractivity contribution is 6.30. The number of aromatic nitrogens is 1. The van der Waals surface area contributed by atoms with Crippen LogP contribution in [-0.2, 0) is 11.3 Å². The third-order valence-electron chi connectivity index (χ3n) is 4.91. The van der Waals surface area contributed by atoms with E-state index in [1.165, 1.54) is 6.20 Å². The molecule has 0 aliphatic carbocycles. The fraction of sp³-hybridized carbons (Fsp3) is 0.136. The van der Waals surface area contributed by atoms with E-state index in [0.29, 0.717) is 21.8 Å². The van der Waals surface area contributed by atoms with Gasteiger partial charge in [-0.05, 0) is 29.8 Å². The van der Waals surface area contributed by atoms with Gasteiger partial charge >= 0.3 is 12.4 Å². The highest BCUT2D eigenvalue weighted by Gasteiger charge is 2.41. The Labute approximate surface area is 198 Å². The molecule has 3 aromatic rings. The summed E-state index contributed by atoms with van der Waals surface area (Å²) in [6.45, 7) is -0.726. The molecule has 0 radical (unpaired) electrons. The van der Waals surface area contributed by atoms with Gasteiger partial charge in [0.25, 0.3) is 5.91 Å². The van der Waals surface area contributed by atoms with E-state index in [1.807, 2.05) is 0 Å². The van der Waals surface area contributed by atoms with Crippen molar-refractivity contribution in [3.63, 3.8) is 0 Å². The fourth-order valence-electron chi connectivity index (χ4n) is 3.45. The van der Waals surface area contributed by atoms with Crippen molar-refractivity contribution in [2.45, 2.75) is 12.9 Å². The number of nitrogens with zero attached hydrogens (tertiary/aromatic N) is 3. The Balaban J connectivity index is 1.60. The number of hydrogen-bond donors (Lipinski definition) is 0. The average Bonchev–Trinajstić information content (AvgIpc) is 3.06. The van der Waals surface area contributed by atoms with Crippen LogP contribution >= 0.6 is 11.6 Å². The molecule has 0 bridgehead atoms. The van der Waals surface area contributed by atoms with Crippen LogP contribution in [0.15, 0.2) is 48.7 Å². The van der Waals surface area contributed by atoms with Crippen molar-refractivity contribution in [3.8, 4) is 17.0 Å². The number of urea groups is 1. The van der Waals surface area contributed by atoms with Crippen molar-refractivity contribution in [1.29, 1.82) is 0 Å². The average molecular weight is 516 g/mol. The van der Waals surface area contributed by atoms with Gasteiger partial charge in [-0.25, -0.2) is 18.5 Å². The van der Waals surface area contributed by atoms with Crippen molar-refractivity contribution in [3.05, 3.63) is 76.7 Å². The number of carbonyl (C=O) groups excluding carboxylic acids is 2. The normalized spacial score (nSPS) is 14.1. The smallest absolute Gasteiger partial charge is 0.399 e. The van der Waals surface area contributed by atoms with Crippen molar-refractivity contribution in [2.75, 3.05) is 11.4 Å². The maximum atomic E-state index is 14.5. The third kappa shape index (κ3) is 5.02. The number of pyridine rings is 1. The van der Waals surface area contributed by atoms with E-state index in [-0.39, 0.29) is 17.5 Å². The summed E-state index contributed by atoms with van der Waals surface area (Å²) in [6.07, 6.45) is -4.05. The van der Waals surface area contributed by atoms with E-state index in [9.17, 15) is 35.9 Å². The molecule has 1 aliphatic heterocycles. The van der Waals surface area contributed by atoms with E-state index in [2.05, 4.69) is 9.72 Å². The SMILES string of the molecule is O=C1CN(Cc2ccnc(-c3cccc(Cl)c3)c2)C(=O)N1c1cc(F)c(OC(F)(F)F)c(F)c1F. The molecule has 0 unspecified atom stereocenters. The number of carbonyl (C=O) groups is 2. The lowest BCUT2D eigenvalue weighted by molar-refractivity contribution is -0.276. The Bertz CT molecular complexity index is 1330. The number of anilines is 1. The van der Waals surface area contributed by atoms with Crippen molar-refractivity contribution >= 4 is 29.2 Å². The van der Waals surface area contributed by atoms with Gasteiger partial charge in [0.2, 0.25) is 11.6 Å². The molecule has 2 aromatic carbocycles. The first-order valence-corrected chi connectivity index (χ1v) is 10.1. The summed E-state index contributed by atoms with van der Waals surface area (Å²) in [5, 5.41) is 0.471. The Morgan fingerprint density at radius 2 is 1.77 bits per heavy atom. The number of hydrogen-bond acceptors (Lipinski definition) is 4. The van der Waals surface area contributed by atoms with Gasteiger partial charge in [-0.1, -0.05) is 23.7 Å². The first-order valence-electron chi connectivity index (χ1n) is 9.70. The molecule has 3 amide bonds. The van der Waals surface area contributed by atoms with E-state index < -0.39 is 53.7 Å². The summed E-state index contributed by atoms with van der Waals surface area (Å²) in [6, 6.07) is 8.93. The minimum Gasteiger partial charge on any atom is -0.399 e. The van der Waals surface area contributed by atoms with E-state index in [0.717, 1.165) is 4.90 Å². The molecule has 35 heavy (non-hydrogen) atoms. The van der Waals surface area contributed by atoms with Gasteiger partial charge in [0, 0.05) is 29.4 Å². The topological polar surface area (TPSA) is 62.7 Å². The van der Waals surface area contributed by atoms with Gasteiger partial charge in [-0.3, -0.25) is 9.78 Å². The molecular weight excluding hydrogens is 504 g/mol. The molecule has 4 rings (SSSR count). The minimum absolute atomic E-state index is 0.0858. The van der Waals surface area contributed by atoms with Crippen LogP contribution < -0.4 is 9.64 Å². The van der Waals surface area contributed by atoms with E-state index in [1.54, 1.807) is 36.4 Å². The lowest BCUT2D eigenvalue weighted by Crippen LogP contribution is -2.34. The quantitative estimate of drug-likeness (QED) is 0.249. The molecule has 2 heterocycles. The number of alkyl halides is 3. The van der Waals surface area contributed by atoms with Crippen LogP contribution in [0.3, 0.4) is 0 Å². The highest BCUT2D eigenvalue weighted by atomic mass is 35.5. The summed E-state index contributed by atoms with van der Waals surface area (Å²) in [5.74, 6) is -9.42. The molecule has 0 spiro atoms. The number of rotatable bonds is 5. The molecule has 182 valence electrons. The zero-order valence-electron chi connectivity index (χ0n) is 17.2. The summed E-state index contributed by atoms with van der Waals surface area (Å²) in [5.41, 5.74) is 0.528. The predicted octanol–water partition coefficient (Wildman–Crippen LogP) is 5.69. The number of ether oxygens (including phenoxy) is 1. The number of imide groups is 1. The van der Waals surface area contributed by atoms with E-state index >= 15 is 0 Å². The summed E-state index contributed by atoms with van der Waals surface area (Å²) in [7, 11) is 0. The first-order chi connectivity index (χ1) is 16.4. The summed E-state index contributed by atoms with van der Waals surface area (Å²) < 4.78 is 82.9. The maximum Gasteiger partial charge on any atom is 0.573 e. The second-order valence-electron chi connectivity index (χ2n) is 7.31. The lowest BCUT2D eigenvalue weighted by Gasteiger charge is -2.19. The van der Waals surface area contributed by atoms with Crippen LogP contribution in [0.1, 0.15) is 5.56 Å². The fourth-order valence-corrected chi connectivity index (χ4v) is 3.64. The Morgan fingerprint density at radius 1 is 1.03 bits per heavy atom. The van der Waals surface area contributed by atoms with Crippen molar-refractivity contribution in [2.24, 2.45) is 0 Å². The molecule has 13 heteroatoms. The summed E-state index contributed by atoms with van der Waals surface area (Å²) >= 11 is 5.99. The number of halogens is 7. The molecule has 6 nitrogen and oxygen atoms in total. The van der Waals surface area contributed by atoms with E-state index in [4.69, 9.17) is 11.6 Å². The number of benzene rings is 2. The number of amides is 3. The Morgan fingerprint density at radius 3 is 2.46 bits per heavy atom. The molecule has 1 aliphatic rings.